The van der Waals surface area contributed by atoms with Crippen LogP contribution in [0.5, 0.6) is 0 Å². The summed E-state index contributed by atoms with van der Waals surface area (Å²) in [5.74, 6) is 0.968. The van der Waals surface area contributed by atoms with Gasteiger partial charge in [0.2, 0.25) is 0 Å². The number of aromatic nitrogens is 1. The van der Waals surface area contributed by atoms with Crippen LogP contribution in [0.15, 0.2) is 18.3 Å². The average Bonchev–Trinajstić information content (AvgIpc) is 2.54. The number of nitrogens with one attached hydrogen (secondary N) is 1. The number of anilines is 1. The van der Waals surface area contributed by atoms with Gasteiger partial charge in [0.1, 0.15) is 5.82 Å². The van der Waals surface area contributed by atoms with Crippen LogP contribution in [-0.4, -0.2) is 29.5 Å². The Labute approximate surface area is 127 Å². The Morgan fingerprint density at radius 1 is 1.43 bits per heavy atom. The number of pyridine rings is 1. The molecule has 2 heterocycles. The van der Waals surface area contributed by atoms with Gasteiger partial charge in [0.15, 0.2) is 0 Å². The van der Waals surface area contributed by atoms with E-state index in [0.717, 1.165) is 25.2 Å². The average molecular weight is 289 g/mol. The molecule has 1 saturated heterocycles. The molecule has 0 aliphatic carbocycles. The molecule has 1 fully saturated rings. The van der Waals surface area contributed by atoms with Gasteiger partial charge in [-0.2, -0.15) is 0 Å². The predicted molar refractivity (Wildman–Crippen MR) is 86.7 cm³/mol. The molecule has 4 nitrogen and oxygen atoms in total. The van der Waals surface area contributed by atoms with Gasteiger partial charge in [-0.15, -0.1) is 0 Å². The Kier molecular flexibility index (Phi) is 5.59. The minimum Gasteiger partial charge on any atom is -0.354 e. The molecule has 21 heavy (non-hydrogen) atoms. The lowest BCUT2D eigenvalue weighted by Gasteiger charge is -2.36. The summed E-state index contributed by atoms with van der Waals surface area (Å²) in [5.41, 5.74) is 0.643. The van der Waals surface area contributed by atoms with E-state index in [1.54, 1.807) is 6.20 Å². The molecule has 1 aromatic heterocycles. The molecule has 1 aliphatic heterocycles. The van der Waals surface area contributed by atoms with Gasteiger partial charge in [-0.25, -0.2) is 4.98 Å². The van der Waals surface area contributed by atoms with Crippen molar-refractivity contribution < 1.29 is 4.79 Å². The summed E-state index contributed by atoms with van der Waals surface area (Å²) in [5, 5.41) is 2.97. The second kappa shape index (κ2) is 7.43. The summed E-state index contributed by atoms with van der Waals surface area (Å²) in [6.45, 7) is 7.38. The van der Waals surface area contributed by atoms with Crippen molar-refractivity contribution >= 4 is 11.7 Å². The van der Waals surface area contributed by atoms with Crippen molar-refractivity contribution in [2.75, 3.05) is 11.4 Å². The van der Waals surface area contributed by atoms with Crippen molar-refractivity contribution in [3.8, 4) is 0 Å². The summed E-state index contributed by atoms with van der Waals surface area (Å²) in [6.07, 6.45) is 7.57. The summed E-state index contributed by atoms with van der Waals surface area (Å²) in [6, 6.07) is 4.66. The van der Waals surface area contributed by atoms with Crippen LogP contribution in [0.25, 0.3) is 0 Å². The van der Waals surface area contributed by atoms with Crippen molar-refractivity contribution in [1.29, 1.82) is 0 Å². The zero-order chi connectivity index (χ0) is 15.2. The molecule has 0 bridgehead atoms. The van der Waals surface area contributed by atoms with Crippen molar-refractivity contribution in [3.63, 3.8) is 0 Å². The van der Waals surface area contributed by atoms with E-state index < -0.39 is 0 Å². The normalized spacial score (nSPS) is 20.1. The lowest BCUT2D eigenvalue weighted by molar-refractivity contribution is 0.0939. The SMILES string of the molecule is CCC(C)NC(=O)c1ccc(N2CCCCC2CC)nc1. The standard InChI is InChI=1S/C17H27N3O/c1-4-13(3)19-17(21)14-9-10-16(18-12-14)20-11-7-6-8-15(20)5-2/h9-10,12-13,15H,4-8,11H2,1-3H3,(H,19,21). The molecule has 2 atom stereocenters. The van der Waals surface area contributed by atoms with Crippen LogP contribution in [0, 0.1) is 0 Å². The maximum Gasteiger partial charge on any atom is 0.253 e. The molecule has 1 aromatic rings. The van der Waals surface area contributed by atoms with Crippen molar-refractivity contribution in [1.82, 2.24) is 10.3 Å². The van der Waals surface area contributed by atoms with Gasteiger partial charge in [-0.1, -0.05) is 13.8 Å². The molecule has 2 rings (SSSR count). The fourth-order valence-corrected chi connectivity index (χ4v) is 2.83. The molecule has 0 radical (unpaired) electrons. The highest BCUT2D eigenvalue weighted by Crippen LogP contribution is 2.24. The van der Waals surface area contributed by atoms with E-state index in [9.17, 15) is 4.79 Å². The molecule has 0 saturated carbocycles. The minimum absolute atomic E-state index is 0.0333. The maximum absolute atomic E-state index is 12.1. The Morgan fingerprint density at radius 2 is 2.24 bits per heavy atom. The van der Waals surface area contributed by atoms with E-state index in [1.165, 1.54) is 19.3 Å². The first-order valence-corrected chi connectivity index (χ1v) is 8.19. The van der Waals surface area contributed by atoms with Gasteiger partial charge in [0.05, 0.1) is 5.56 Å². The fourth-order valence-electron chi connectivity index (χ4n) is 2.83. The molecule has 116 valence electrons. The van der Waals surface area contributed by atoms with Crippen molar-refractivity contribution in [2.24, 2.45) is 0 Å². The van der Waals surface area contributed by atoms with Crippen LogP contribution < -0.4 is 10.2 Å². The fraction of sp³-hybridized carbons (Fsp3) is 0.647. The quantitative estimate of drug-likeness (QED) is 0.904. The summed E-state index contributed by atoms with van der Waals surface area (Å²) in [7, 11) is 0. The molecule has 1 amide bonds. The molecular weight excluding hydrogens is 262 g/mol. The number of piperidine rings is 1. The zero-order valence-electron chi connectivity index (χ0n) is 13.4. The number of carbonyl (C=O) groups is 1. The summed E-state index contributed by atoms with van der Waals surface area (Å²) in [4.78, 5) is 19.0. The van der Waals surface area contributed by atoms with Crippen molar-refractivity contribution in [3.05, 3.63) is 23.9 Å². The molecule has 1 aliphatic rings. The number of rotatable bonds is 5. The first kappa shape index (κ1) is 15.8. The monoisotopic (exact) mass is 289 g/mol. The largest absolute Gasteiger partial charge is 0.354 e. The Hall–Kier alpha value is -1.58. The van der Waals surface area contributed by atoms with E-state index in [1.807, 2.05) is 19.1 Å². The minimum atomic E-state index is -0.0333. The Balaban J connectivity index is 2.05. The second-order valence-corrected chi connectivity index (χ2v) is 5.94. The van der Waals surface area contributed by atoms with Crippen LogP contribution in [0.3, 0.4) is 0 Å². The first-order chi connectivity index (χ1) is 10.2. The Morgan fingerprint density at radius 3 is 2.86 bits per heavy atom. The van der Waals surface area contributed by atoms with Crippen LogP contribution in [0.2, 0.25) is 0 Å². The first-order valence-electron chi connectivity index (χ1n) is 8.19. The molecule has 1 N–H and O–H groups in total. The number of hydrogen-bond acceptors (Lipinski definition) is 3. The molecular formula is C17H27N3O. The number of hydrogen-bond donors (Lipinski definition) is 1. The van der Waals surface area contributed by atoms with E-state index in [4.69, 9.17) is 0 Å². The third-order valence-corrected chi connectivity index (χ3v) is 4.39. The molecule has 4 heteroatoms. The van der Waals surface area contributed by atoms with Crippen LogP contribution >= 0.6 is 0 Å². The molecule has 2 unspecified atom stereocenters. The van der Waals surface area contributed by atoms with Crippen molar-refractivity contribution in [2.45, 2.75) is 65.0 Å². The number of amides is 1. The lowest BCUT2D eigenvalue weighted by Crippen LogP contribution is -2.39. The third kappa shape index (κ3) is 3.96. The molecule has 0 aromatic carbocycles. The zero-order valence-corrected chi connectivity index (χ0v) is 13.4. The predicted octanol–water partition coefficient (Wildman–Crippen LogP) is 3.38. The summed E-state index contributed by atoms with van der Waals surface area (Å²) >= 11 is 0. The Bertz CT molecular complexity index is 458. The van der Waals surface area contributed by atoms with E-state index in [-0.39, 0.29) is 11.9 Å². The van der Waals surface area contributed by atoms with E-state index in [0.29, 0.717) is 11.6 Å². The highest BCUT2D eigenvalue weighted by atomic mass is 16.1. The smallest absolute Gasteiger partial charge is 0.253 e. The van der Waals surface area contributed by atoms with Gasteiger partial charge in [-0.05, 0) is 51.2 Å². The number of nitrogens with zero attached hydrogens (tertiary/aromatic N) is 2. The van der Waals surface area contributed by atoms with E-state index >= 15 is 0 Å². The second-order valence-electron chi connectivity index (χ2n) is 5.94. The van der Waals surface area contributed by atoms with Gasteiger partial charge in [-0.3, -0.25) is 4.79 Å². The van der Waals surface area contributed by atoms with Crippen LogP contribution in [0.1, 0.15) is 63.2 Å². The number of carbonyl (C=O) groups excluding carboxylic acids is 1. The van der Waals surface area contributed by atoms with Gasteiger partial charge < -0.3 is 10.2 Å². The summed E-state index contributed by atoms with van der Waals surface area (Å²) < 4.78 is 0. The maximum atomic E-state index is 12.1. The highest BCUT2D eigenvalue weighted by Gasteiger charge is 2.22. The third-order valence-electron chi connectivity index (χ3n) is 4.39. The van der Waals surface area contributed by atoms with Gasteiger partial charge in [0.25, 0.3) is 5.91 Å². The van der Waals surface area contributed by atoms with Gasteiger partial charge >= 0.3 is 0 Å². The lowest BCUT2D eigenvalue weighted by atomic mass is 10.00. The van der Waals surface area contributed by atoms with Gasteiger partial charge in [0, 0.05) is 24.8 Å². The van der Waals surface area contributed by atoms with Crippen LogP contribution in [0.4, 0.5) is 5.82 Å². The topological polar surface area (TPSA) is 45.2 Å². The van der Waals surface area contributed by atoms with Crippen LogP contribution in [-0.2, 0) is 0 Å². The highest BCUT2D eigenvalue weighted by molar-refractivity contribution is 5.94. The van der Waals surface area contributed by atoms with E-state index in [2.05, 4.69) is 29.0 Å². The molecule has 0 spiro atoms.